The number of fused-ring (bicyclic) bond motifs is 1. The van der Waals surface area contributed by atoms with E-state index in [1.807, 2.05) is 11.3 Å². The Labute approximate surface area is 114 Å². The molecule has 1 N–H and O–H groups in total. The third-order valence-electron chi connectivity index (χ3n) is 3.12. The maximum absolute atomic E-state index is 5.64. The molecule has 0 aliphatic heterocycles. The fraction of sp³-hybridized carbons (Fsp3) is 0.500. The van der Waals surface area contributed by atoms with Crippen LogP contribution in [0.25, 0.3) is 0 Å². The summed E-state index contributed by atoms with van der Waals surface area (Å²) in [5, 5.41) is 13.4. The van der Waals surface area contributed by atoms with Gasteiger partial charge in [-0.2, -0.15) is 0 Å². The first kappa shape index (κ1) is 12.0. The molecule has 0 aromatic carbocycles. The smallest absolute Gasteiger partial charge is 0.315 e. The van der Waals surface area contributed by atoms with Crippen molar-refractivity contribution >= 4 is 29.0 Å². The highest BCUT2D eigenvalue weighted by atomic mass is 35.5. The van der Waals surface area contributed by atoms with Crippen LogP contribution < -0.4 is 5.32 Å². The van der Waals surface area contributed by atoms with Gasteiger partial charge in [-0.3, -0.25) is 0 Å². The minimum Gasteiger partial charge on any atom is -0.408 e. The van der Waals surface area contributed by atoms with Crippen LogP contribution in [-0.4, -0.2) is 16.1 Å². The Bertz CT molecular complexity index is 525. The summed E-state index contributed by atoms with van der Waals surface area (Å²) in [7, 11) is 0. The van der Waals surface area contributed by atoms with Gasteiger partial charge in [0.15, 0.2) is 0 Å². The maximum Gasteiger partial charge on any atom is 0.315 e. The van der Waals surface area contributed by atoms with Gasteiger partial charge in [0.05, 0.1) is 6.04 Å². The molecule has 0 fully saturated rings. The normalized spacial score (nSPS) is 18.6. The predicted molar refractivity (Wildman–Crippen MR) is 72.3 cm³/mol. The first-order valence-electron chi connectivity index (χ1n) is 6.08. The van der Waals surface area contributed by atoms with Gasteiger partial charge in [0, 0.05) is 17.2 Å². The van der Waals surface area contributed by atoms with Crippen LogP contribution in [0.1, 0.15) is 35.2 Å². The number of nitrogens with zero attached hydrogens (tertiary/aromatic N) is 2. The highest BCUT2D eigenvalue weighted by Crippen LogP contribution is 2.35. The molecule has 1 aliphatic carbocycles. The molecule has 4 nitrogen and oxygen atoms in total. The second-order valence-electron chi connectivity index (χ2n) is 4.33. The number of thiophene rings is 1. The number of alkyl halides is 1. The highest BCUT2D eigenvalue weighted by molar-refractivity contribution is 7.10. The van der Waals surface area contributed by atoms with Crippen LogP contribution in [0.2, 0.25) is 0 Å². The zero-order valence-corrected chi connectivity index (χ0v) is 11.4. The summed E-state index contributed by atoms with van der Waals surface area (Å²) in [6.45, 7) is 0. The Kier molecular flexibility index (Phi) is 3.52. The Morgan fingerprint density at radius 1 is 1.50 bits per heavy atom. The van der Waals surface area contributed by atoms with Gasteiger partial charge in [-0.1, -0.05) is 5.10 Å². The van der Waals surface area contributed by atoms with Crippen LogP contribution in [0.3, 0.4) is 0 Å². The quantitative estimate of drug-likeness (QED) is 0.874. The first-order valence-corrected chi connectivity index (χ1v) is 7.49. The molecule has 0 saturated carbocycles. The fourth-order valence-electron chi connectivity index (χ4n) is 2.28. The summed E-state index contributed by atoms with van der Waals surface area (Å²) in [6, 6.07) is 2.98. The molecular formula is C12H14ClN3OS. The van der Waals surface area contributed by atoms with Gasteiger partial charge in [-0.25, -0.2) is 0 Å². The largest absolute Gasteiger partial charge is 0.408 e. The van der Waals surface area contributed by atoms with Crippen molar-refractivity contribution in [3.8, 4) is 0 Å². The van der Waals surface area contributed by atoms with Crippen molar-refractivity contribution in [3.63, 3.8) is 0 Å². The van der Waals surface area contributed by atoms with Gasteiger partial charge in [0.25, 0.3) is 0 Å². The van der Waals surface area contributed by atoms with Crippen molar-refractivity contribution < 1.29 is 4.42 Å². The van der Waals surface area contributed by atoms with Crippen LogP contribution in [0.15, 0.2) is 15.9 Å². The molecular weight excluding hydrogens is 270 g/mol. The molecule has 0 amide bonds. The Morgan fingerprint density at radius 2 is 2.44 bits per heavy atom. The lowest BCUT2D eigenvalue weighted by Gasteiger charge is -2.22. The standard InChI is InChI=1S/C12H14ClN3OS/c13-6-4-11-15-16-12(17-11)14-9-2-1-3-10-8(9)5-7-18-10/h5,7,9H,1-4,6H2,(H,14,16). The Morgan fingerprint density at radius 3 is 3.33 bits per heavy atom. The number of hydrogen-bond donors (Lipinski definition) is 1. The lowest BCUT2D eigenvalue weighted by atomic mass is 9.94. The Balaban J connectivity index is 1.73. The van der Waals surface area contributed by atoms with Crippen molar-refractivity contribution in [2.24, 2.45) is 0 Å². The van der Waals surface area contributed by atoms with E-state index in [-0.39, 0.29) is 0 Å². The van der Waals surface area contributed by atoms with Crippen molar-refractivity contribution in [3.05, 3.63) is 27.8 Å². The number of aryl methyl sites for hydroxylation is 2. The average Bonchev–Trinajstić information content (AvgIpc) is 2.99. The van der Waals surface area contributed by atoms with E-state index in [0.717, 1.165) is 6.42 Å². The van der Waals surface area contributed by atoms with Crippen LogP contribution >= 0.6 is 22.9 Å². The van der Waals surface area contributed by atoms with E-state index >= 15 is 0 Å². The molecule has 2 aromatic heterocycles. The van der Waals surface area contributed by atoms with Crippen molar-refractivity contribution in [2.75, 3.05) is 11.2 Å². The highest BCUT2D eigenvalue weighted by Gasteiger charge is 2.22. The minimum absolute atomic E-state index is 0.296. The van der Waals surface area contributed by atoms with E-state index < -0.39 is 0 Å². The molecule has 6 heteroatoms. The summed E-state index contributed by atoms with van der Waals surface area (Å²) in [5.74, 6) is 1.09. The zero-order valence-electron chi connectivity index (χ0n) is 9.86. The van der Waals surface area contributed by atoms with Crippen LogP contribution in [0, 0.1) is 0 Å². The van der Waals surface area contributed by atoms with Crippen molar-refractivity contribution in [2.45, 2.75) is 31.7 Å². The Hall–Kier alpha value is -1.07. The van der Waals surface area contributed by atoms with Gasteiger partial charge >= 0.3 is 6.01 Å². The van der Waals surface area contributed by atoms with Crippen LogP contribution in [0.4, 0.5) is 6.01 Å². The van der Waals surface area contributed by atoms with Gasteiger partial charge < -0.3 is 9.73 Å². The molecule has 96 valence electrons. The zero-order chi connectivity index (χ0) is 12.4. The predicted octanol–water partition coefficient (Wildman–Crippen LogP) is 3.40. The summed E-state index contributed by atoms with van der Waals surface area (Å²) in [6.07, 6.45) is 4.11. The van der Waals surface area contributed by atoms with Crippen LogP contribution in [0.5, 0.6) is 0 Å². The molecule has 3 rings (SSSR count). The molecule has 1 unspecified atom stereocenters. The molecule has 2 heterocycles. The van der Waals surface area contributed by atoms with Crippen molar-refractivity contribution in [1.82, 2.24) is 10.2 Å². The molecule has 1 aliphatic rings. The summed E-state index contributed by atoms with van der Waals surface area (Å²) in [4.78, 5) is 1.47. The molecule has 1 atom stereocenters. The van der Waals surface area contributed by atoms with Gasteiger partial charge in [-0.15, -0.1) is 28.0 Å². The monoisotopic (exact) mass is 283 g/mol. The first-order chi connectivity index (χ1) is 8.86. The lowest BCUT2D eigenvalue weighted by molar-refractivity contribution is 0.497. The second kappa shape index (κ2) is 5.28. The minimum atomic E-state index is 0.296. The van der Waals surface area contributed by atoms with E-state index in [1.54, 1.807) is 0 Å². The topological polar surface area (TPSA) is 51.0 Å². The summed E-state index contributed by atoms with van der Waals surface area (Å²) >= 11 is 7.47. The molecule has 0 radical (unpaired) electrons. The third-order valence-corrected chi connectivity index (χ3v) is 4.31. The van der Waals surface area contributed by atoms with E-state index in [1.165, 1.54) is 23.3 Å². The fourth-order valence-corrected chi connectivity index (χ4v) is 3.43. The third kappa shape index (κ3) is 2.37. The van der Waals surface area contributed by atoms with E-state index in [4.69, 9.17) is 16.0 Å². The van der Waals surface area contributed by atoms with Gasteiger partial charge in [-0.05, 0) is 36.3 Å². The number of halogens is 1. The van der Waals surface area contributed by atoms with E-state index in [2.05, 4.69) is 27.0 Å². The molecule has 18 heavy (non-hydrogen) atoms. The summed E-state index contributed by atoms with van der Waals surface area (Å²) in [5.41, 5.74) is 1.38. The number of hydrogen-bond acceptors (Lipinski definition) is 5. The van der Waals surface area contributed by atoms with Gasteiger partial charge in [0.1, 0.15) is 0 Å². The summed E-state index contributed by atoms with van der Waals surface area (Å²) < 4.78 is 5.50. The van der Waals surface area contributed by atoms with Crippen LogP contribution in [-0.2, 0) is 12.8 Å². The van der Waals surface area contributed by atoms with E-state index in [9.17, 15) is 0 Å². The van der Waals surface area contributed by atoms with Crippen molar-refractivity contribution in [1.29, 1.82) is 0 Å². The number of rotatable bonds is 4. The molecule has 0 spiro atoms. The molecule has 0 bridgehead atoms. The number of anilines is 1. The second-order valence-corrected chi connectivity index (χ2v) is 5.71. The molecule has 0 saturated heterocycles. The average molecular weight is 284 g/mol. The number of nitrogens with one attached hydrogen (secondary N) is 1. The van der Waals surface area contributed by atoms with E-state index in [0.29, 0.717) is 30.2 Å². The SMILES string of the molecule is ClCCc1nnc(NC2CCCc3sccc32)o1. The number of aromatic nitrogens is 2. The van der Waals surface area contributed by atoms with Gasteiger partial charge in [0.2, 0.25) is 5.89 Å². The molecule has 2 aromatic rings. The lowest BCUT2D eigenvalue weighted by Crippen LogP contribution is -2.15. The maximum atomic E-state index is 5.64.